The highest BCUT2D eigenvalue weighted by molar-refractivity contribution is 8.76. The monoisotopic (exact) mass is 298 g/mol. The van der Waals surface area contributed by atoms with Crippen LogP contribution in [0.25, 0.3) is 0 Å². The summed E-state index contributed by atoms with van der Waals surface area (Å²) in [5, 5.41) is 5.04. The largest absolute Gasteiger partial charge is 0.284 e. The van der Waals surface area contributed by atoms with E-state index in [1.54, 1.807) is 0 Å². The zero-order chi connectivity index (χ0) is 13.1. The van der Waals surface area contributed by atoms with E-state index < -0.39 is 0 Å². The summed E-state index contributed by atoms with van der Waals surface area (Å²) in [5.74, 6) is 0. The first-order valence-corrected chi connectivity index (χ1v) is 9.20. The number of para-hydroxylation sites is 2. The van der Waals surface area contributed by atoms with Crippen LogP contribution in [0.15, 0.2) is 46.2 Å². The molecule has 3 heterocycles. The van der Waals surface area contributed by atoms with Crippen LogP contribution in [-0.4, -0.2) is 13.1 Å². The van der Waals surface area contributed by atoms with E-state index in [1.165, 1.54) is 45.1 Å². The Balaban J connectivity index is 1.75. The average Bonchev–Trinajstić information content (AvgIpc) is 3.07. The number of hydrogen-bond acceptors (Lipinski definition) is 4. The molecule has 0 amide bonds. The van der Waals surface area contributed by atoms with Gasteiger partial charge in [-0.3, -0.25) is 10.0 Å². The second kappa shape index (κ2) is 4.12. The third-order valence-corrected chi connectivity index (χ3v) is 6.81. The molecule has 4 heteroatoms. The first-order chi connectivity index (χ1) is 9.92. The van der Waals surface area contributed by atoms with Crippen LogP contribution in [0, 0.1) is 0 Å². The van der Waals surface area contributed by atoms with Crippen molar-refractivity contribution >= 4 is 33.0 Å². The summed E-state index contributed by atoms with van der Waals surface area (Å²) in [7, 11) is 3.82. The molecule has 2 aromatic rings. The average molecular weight is 298 g/mol. The van der Waals surface area contributed by atoms with Crippen molar-refractivity contribution in [3.05, 3.63) is 47.5 Å². The molecule has 2 aromatic carbocycles. The number of benzene rings is 2. The summed E-state index contributed by atoms with van der Waals surface area (Å²) < 4.78 is 0. The summed E-state index contributed by atoms with van der Waals surface area (Å²) in [6.07, 6.45) is 2.34. The third kappa shape index (κ3) is 1.44. The van der Waals surface area contributed by atoms with E-state index in [9.17, 15) is 0 Å². The maximum absolute atomic E-state index is 2.52. The van der Waals surface area contributed by atoms with Crippen molar-refractivity contribution < 1.29 is 0 Å². The molecule has 20 heavy (non-hydrogen) atoms. The normalized spacial score (nSPS) is 18.6. The molecule has 5 rings (SSSR count). The highest BCUT2D eigenvalue weighted by atomic mass is 33.1. The Hall–Kier alpha value is -1.26. The molecule has 0 radical (unpaired) electrons. The maximum Gasteiger partial charge on any atom is 0.0751 e. The minimum absolute atomic E-state index is 1.12. The Bertz CT molecular complexity index is 652. The van der Waals surface area contributed by atoms with Crippen molar-refractivity contribution in [2.75, 3.05) is 23.1 Å². The predicted octanol–water partition coefficient (Wildman–Crippen LogP) is 4.14. The summed E-state index contributed by atoms with van der Waals surface area (Å²) in [4.78, 5) is 2.82. The molecule has 0 atom stereocenters. The molecular weight excluding hydrogens is 284 g/mol. The summed E-state index contributed by atoms with van der Waals surface area (Å²) in [5.41, 5.74) is 5.91. The van der Waals surface area contributed by atoms with E-state index in [0.29, 0.717) is 0 Å². The minimum atomic E-state index is 1.12. The fraction of sp³-hybridized carbons (Fsp3) is 0.250. The van der Waals surface area contributed by atoms with Crippen LogP contribution >= 0.6 is 21.6 Å². The Kier molecular flexibility index (Phi) is 2.35. The lowest BCUT2D eigenvalue weighted by Gasteiger charge is -2.36. The summed E-state index contributed by atoms with van der Waals surface area (Å²) in [6, 6.07) is 13.5. The smallest absolute Gasteiger partial charge is 0.0751 e. The number of hydrazine groups is 1. The summed E-state index contributed by atoms with van der Waals surface area (Å²) in [6.45, 7) is 2.23. The van der Waals surface area contributed by atoms with Gasteiger partial charge in [-0.1, -0.05) is 45.9 Å². The summed E-state index contributed by atoms with van der Waals surface area (Å²) >= 11 is 0. The van der Waals surface area contributed by atoms with Crippen molar-refractivity contribution in [1.82, 2.24) is 0 Å². The Morgan fingerprint density at radius 3 is 1.70 bits per heavy atom. The van der Waals surface area contributed by atoms with Gasteiger partial charge in [0.1, 0.15) is 0 Å². The van der Waals surface area contributed by atoms with E-state index in [1.807, 2.05) is 21.6 Å². The molecule has 0 aliphatic carbocycles. The van der Waals surface area contributed by atoms with Crippen molar-refractivity contribution in [2.24, 2.45) is 0 Å². The van der Waals surface area contributed by atoms with E-state index in [-0.39, 0.29) is 0 Å². The lowest BCUT2D eigenvalue weighted by Crippen LogP contribution is -2.41. The number of fused-ring (bicyclic) bond motifs is 1. The van der Waals surface area contributed by atoms with Gasteiger partial charge in [0.05, 0.1) is 11.4 Å². The highest BCUT2D eigenvalue weighted by Crippen LogP contribution is 2.52. The van der Waals surface area contributed by atoms with Gasteiger partial charge < -0.3 is 0 Å². The molecule has 0 saturated heterocycles. The van der Waals surface area contributed by atoms with E-state index in [0.717, 1.165) is 13.1 Å². The first-order valence-electron chi connectivity index (χ1n) is 7.05. The fourth-order valence-corrected chi connectivity index (χ4v) is 5.93. The number of anilines is 2. The van der Waals surface area contributed by atoms with Gasteiger partial charge in [0.2, 0.25) is 0 Å². The van der Waals surface area contributed by atoms with Crippen LogP contribution in [0.3, 0.4) is 0 Å². The molecule has 0 aromatic heterocycles. The second-order valence-corrected chi connectivity index (χ2v) is 7.65. The second-order valence-electron chi connectivity index (χ2n) is 5.44. The quantitative estimate of drug-likeness (QED) is 0.674. The molecule has 0 fully saturated rings. The van der Waals surface area contributed by atoms with Crippen molar-refractivity contribution in [2.45, 2.75) is 22.6 Å². The molecular formula is C16H14N2S2. The molecule has 2 nitrogen and oxygen atoms in total. The number of hydrogen-bond donors (Lipinski definition) is 0. The number of nitrogens with zero attached hydrogens (tertiary/aromatic N) is 2. The van der Waals surface area contributed by atoms with Gasteiger partial charge in [0.25, 0.3) is 0 Å². The molecule has 0 unspecified atom stereocenters. The minimum Gasteiger partial charge on any atom is -0.284 e. The molecule has 0 N–H and O–H groups in total. The van der Waals surface area contributed by atoms with Crippen LogP contribution in [0.5, 0.6) is 0 Å². The van der Waals surface area contributed by atoms with Crippen LogP contribution in [0.2, 0.25) is 0 Å². The molecule has 3 aliphatic rings. The van der Waals surface area contributed by atoms with Gasteiger partial charge in [0, 0.05) is 22.9 Å². The highest BCUT2D eigenvalue weighted by Gasteiger charge is 2.34. The molecule has 0 saturated carbocycles. The van der Waals surface area contributed by atoms with Crippen molar-refractivity contribution in [3.63, 3.8) is 0 Å². The SMILES string of the molecule is c1cc2c3c(c1)SSc1cccc4c1N(CC4)N3CC2. The molecule has 0 bridgehead atoms. The maximum atomic E-state index is 2.52. The van der Waals surface area contributed by atoms with Crippen LogP contribution in [0.1, 0.15) is 11.1 Å². The number of rotatable bonds is 0. The van der Waals surface area contributed by atoms with Gasteiger partial charge in [-0.25, -0.2) is 0 Å². The topological polar surface area (TPSA) is 6.48 Å². The van der Waals surface area contributed by atoms with E-state index >= 15 is 0 Å². The van der Waals surface area contributed by atoms with Crippen LogP contribution in [-0.2, 0) is 12.8 Å². The van der Waals surface area contributed by atoms with Crippen LogP contribution < -0.4 is 10.0 Å². The molecule has 3 aliphatic heterocycles. The standard InChI is InChI=1S/C16H14N2S2/c1-3-11-7-9-17-15(11)13(5-1)19-20-14-6-2-4-12-8-10-18(17)16(12)14/h1-6H,7-10H2. The van der Waals surface area contributed by atoms with Gasteiger partial charge in [0.15, 0.2) is 0 Å². The predicted molar refractivity (Wildman–Crippen MR) is 86.7 cm³/mol. The van der Waals surface area contributed by atoms with Crippen molar-refractivity contribution in [1.29, 1.82) is 0 Å². The molecule has 0 spiro atoms. The van der Waals surface area contributed by atoms with Gasteiger partial charge in [-0.05, 0) is 36.1 Å². The first kappa shape index (κ1) is 11.4. The Morgan fingerprint density at radius 2 is 1.20 bits per heavy atom. The lowest BCUT2D eigenvalue weighted by molar-refractivity contribution is 0.756. The van der Waals surface area contributed by atoms with Gasteiger partial charge >= 0.3 is 0 Å². The van der Waals surface area contributed by atoms with Crippen LogP contribution in [0.4, 0.5) is 11.4 Å². The van der Waals surface area contributed by atoms with Crippen molar-refractivity contribution in [3.8, 4) is 0 Å². The zero-order valence-corrected chi connectivity index (χ0v) is 12.6. The Morgan fingerprint density at radius 1 is 0.700 bits per heavy atom. The van der Waals surface area contributed by atoms with Gasteiger partial charge in [-0.2, -0.15) is 0 Å². The fourth-order valence-electron chi connectivity index (χ4n) is 3.51. The van der Waals surface area contributed by atoms with E-state index in [2.05, 4.69) is 46.4 Å². The molecule has 100 valence electrons. The third-order valence-electron chi connectivity index (χ3n) is 4.38. The zero-order valence-electron chi connectivity index (χ0n) is 11.0. The van der Waals surface area contributed by atoms with E-state index in [4.69, 9.17) is 0 Å². The van der Waals surface area contributed by atoms with Gasteiger partial charge in [-0.15, -0.1) is 0 Å². The Labute approximate surface area is 126 Å². The lowest BCUT2D eigenvalue weighted by atomic mass is 10.2.